The number of fused-ring (bicyclic) bond motifs is 1. The SMILES string of the molecule is COc1cc(Nc2cc(CN)nc3cc(F)ccc23)c(Cl)cc1Cl. The fraction of sp³-hybridized carbons (Fsp3) is 0.118. The van der Waals surface area contributed by atoms with Crippen molar-refractivity contribution < 1.29 is 9.13 Å². The Labute approximate surface area is 148 Å². The Morgan fingerprint density at radius 3 is 2.62 bits per heavy atom. The maximum Gasteiger partial charge on any atom is 0.139 e. The second-order valence-electron chi connectivity index (χ2n) is 5.12. The summed E-state index contributed by atoms with van der Waals surface area (Å²) in [4.78, 5) is 4.34. The summed E-state index contributed by atoms with van der Waals surface area (Å²) >= 11 is 12.3. The highest BCUT2D eigenvalue weighted by Gasteiger charge is 2.11. The molecule has 0 amide bonds. The molecule has 1 heterocycles. The first-order valence-corrected chi connectivity index (χ1v) is 7.86. The van der Waals surface area contributed by atoms with Gasteiger partial charge >= 0.3 is 0 Å². The topological polar surface area (TPSA) is 60.2 Å². The van der Waals surface area contributed by atoms with E-state index in [1.54, 1.807) is 24.3 Å². The molecule has 0 aliphatic heterocycles. The van der Waals surface area contributed by atoms with E-state index in [1.807, 2.05) is 0 Å². The monoisotopic (exact) mass is 365 g/mol. The van der Waals surface area contributed by atoms with Crippen molar-refractivity contribution in [1.82, 2.24) is 4.98 Å². The first kappa shape index (κ1) is 16.8. The van der Waals surface area contributed by atoms with Crippen molar-refractivity contribution in [3.63, 3.8) is 0 Å². The number of anilines is 2. The van der Waals surface area contributed by atoms with Crippen LogP contribution in [0.1, 0.15) is 5.69 Å². The van der Waals surface area contributed by atoms with Crippen molar-refractivity contribution >= 4 is 45.5 Å². The van der Waals surface area contributed by atoms with Gasteiger partial charge in [-0.2, -0.15) is 0 Å². The molecule has 0 saturated heterocycles. The quantitative estimate of drug-likeness (QED) is 0.690. The van der Waals surface area contributed by atoms with E-state index < -0.39 is 0 Å². The molecule has 0 radical (unpaired) electrons. The summed E-state index contributed by atoms with van der Waals surface area (Å²) in [6.45, 7) is 0.235. The Morgan fingerprint density at radius 1 is 1.12 bits per heavy atom. The van der Waals surface area contributed by atoms with E-state index in [0.29, 0.717) is 38.4 Å². The van der Waals surface area contributed by atoms with Crippen molar-refractivity contribution in [2.24, 2.45) is 5.73 Å². The molecule has 0 unspecified atom stereocenters. The second kappa shape index (κ2) is 6.81. The third-order valence-corrected chi connectivity index (χ3v) is 4.15. The number of nitrogens with two attached hydrogens (primary N) is 1. The van der Waals surface area contributed by atoms with E-state index in [9.17, 15) is 4.39 Å². The number of benzene rings is 2. The molecule has 7 heteroatoms. The molecule has 0 fully saturated rings. The molecule has 2 aromatic carbocycles. The summed E-state index contributed by atoms with van der Waals surface area (Å²) in [6.07, 6.45) is 0. The lowest BCUT2D eigenvalue weighted by molar-refractivity contribution is 0.415. The summed E-state index contributed by atoms with van der Waals surface area (Å²) < 4.78 is 18.7. The van der Waals surface area contributed by atoms with Gasteiger partial charge in [0.25, 0.3) is 0 Å². The number of ether oxygens (including phenoxy) is 1. The van der Waals surface area contributed by atoms with Crippen LogP contribution in [0, 0.1) is 5.82 Å². The van der Waals surface area contributed by atoms with Crippen LogP contribution in [0.15, 0.2) is 36.4 Å². The van der Waals surface area contributed by atoms with Gasteiger partial charge in [-0.25, -0.2) is 4.39 Å². The smallest absolute Gasteiger partial charge is 0.139 e. The van der Waals surface area contributed by atoms with Gasteiger partial charge in [0.1, 0.15) is 11.6 Å². The molecule has 0 spiro atoms. The van der Waals surface area contributed by atoms with Gasteiger partial charge in [0.2, 0.25) is 0 Å². The van der Waals surface area contributed by atoms with Crippen LogP contribution in [0.4, 0.5) is 15.8 Å². The third-order valence-electron chi connectivity index (χ3n) is 3.54. The zero-order chi connectivity index (χ0) is 17.3. The molecule has 124 valence electrons. The molecule has 3 rings (SSSR count). The number of aromatic nitrogens is 1. The van der Waals surface area contributed by atoms with Gasteiger partial charge in [0.05, 0.1) is 34.1 Å². The van der Waals surface area contributed by atoms with Crippen LogP contribution in [0.3, 0.4) is 0 Å². The van der Waals surface area contributed by atoms with E-state index in [1.165, 1.54) is 19.2 Å². The number of methoxy groups -OCH3 is 1. The Morgan fingerprint density at radius 2 is 1.92 bits per heavy atom. The van der Waals surface area contributed by atoms with Crippen molar-refractivity contribution in [3.05, 3.63) is 58.0 Å². The average molecular weight is 366 g/mol. The molecule has 3 aromatic rings. The molecule has 0 atom stereocenters. The number of hydrogen-bond donors (Lipinski definition) is 2. The van der Waals surface area contributed by atoms with Crippen molar-refractivity contribution in [2.75, 3.05) is 12.4 Å². The van der Waals surface area contributed by atoms with Gasteiger partial charge in [-0.1, -0.05) is 23.2 Å². The number of hydrogen-bond acceptors (Lipinski definition) is 4. The van der Waals surface area contributed by atoms with E-state index >= 15 is 0 Å². The Bertz CT molecular complexity index is 918. The largest absolute Gasteiger partial charge is 0.495 e. The molecule has 24 heavy (non-hydrogen) atoms. The summed E-state index contributed by atoms with van der Waals surface area (Å²) in [5.41, 5.74) is 8.16. The summed E-state index contributed by atoms with van der Waals surface area (Å²) in [5, 5.41) is 4.82. The van der Waals surface area contributed by atoms with Crippen LogP contribution in [0.2, 0.25) is 10.0 Å². The Balaban J connectivity index is 2.13. The van der Waals surface area contributed by atoms with Crippen LogP contribution in [0.25, 0.3) is 10.9 Å². The van der Waals surface area contributed by atoms with Crippen molar-refractivity contribution in [2.45, 2.75) is 6.54 Å². The molecule has 0 aliphatic carbocycles. The second-order valence-corrected chi connectivity index (χ2v) is 5.93. The highest BCUT2D eigenvalue weighted by Crippen LogP contribution is 2.37. The van der Waals surface area contributed by atoms with Crippen molar-refractivity contribution in [3.8, 4) is 5.75 Å². The van der Waals surface area contributed by atoms with Crippen molar-refractivity contribution in [1.29, 1.82) is 0 Å². The van der Waals surface area contributed by atoms with Gasteiger partial charge in [0, 0.05) is 29.8 Å². The maximum atomic E-state index is 13.5. The lowest BCUT2D eigenvalue weighted by Crippen LogP contribution is -2.03. The van der Waals surface area contributed by atoms with Gasteiger partial charge in [0.15, 0.2) is 0 Å². The van der Waals surface area contributed by atoms with Crippen LogP contribution in [-0.4, -0.2) is 12.1 Å². The zero-order valence-electron chi connectivity index (χ0n) is 12.7. The van der Waals surface area contributed by atoms with Gasteiger partial charge in [-0.3, -0.25) is 4.98 Å². The van der Waals surface area contributed by atoms with Gasteiger partial charge < -0.3 is 15.8 Å². The van der Waals surface area contributed by atoms with Crippen LogP contribution in [0.5, 0.6) is 5.75 Å². The first-order chi connectivity index (χ1) is 11.5. The van der Waals surface area contributed by atoms with E-state index in [4.69, 9.17) is 33.7 Å². The van der Waals surface area contributed by atoms with Crippen LogP contribution >= 0.6 is 23.2 Å². The molecule has 0 aliphatic rings. The minimum atomic E-state index is -0.360. The van der Waals surface area contributed by atoms with Crippen LogP contribution < -0.4 is 15.8 Å². The first-order valence-electron chi connectivity index (χ1n) is 7.11. The average Bonchev–Trinajstić information content (AvgIpc) is 2.56. The lowest BCUT2D eigenvalue weighted by Gasteiger charge is -2.14. The van der Waals surface area contributed by atoms with E-state index in [-0.39, 0.29) is 12.4 Å². The lowest BCUT2D eigenvalue weighted by atomic mass is 10.1. The molecule has 1 aromatic heterocycles. The summed E-state index contributed by atoms with van der Waals surface area (Å²) in [6, 6.07) is 9.49. The number of nitrogens with one attached hydrogen (secondary N) is 1. The molecule has 3 N–H and O–H groups in total. The minimum Gasteiger partial charge on any atom is -0.495 e. The summed E-state index contributed by atoms with van der Waals surface area (Å²) in [7, 11) is 1.52. The molecular formula is C17H14Cl2FN3O. The number of rotatable bonds is 4. The predicted octanol–water partition coefficient (Wildman–Crippen LogP) is 4.89. The Kier molecular flexibility index (Phi) is 4.76. The maximum absolute atomic E-state index is 13.5. The highest BCUT2D eigenvalue weighted by molar-refractivity contribution is 6.37. The van der Waals surface area contributed by atoms with E-state index in [0.717, 1.165) is 5.39 Å². The van der Waals surface area contributed by atoms with E-state index in [2.05, 4.69) is 10.3 Å². The molecule has 0 bridgehead atoms. The zero-order valence-corrected chi connectivity index (χ0v) is 14.2. The number of halogens is 3. The molecule has 0 saturated carbocycles. The van der Waals surface area contributed by atoms with Crippen LogP contribution in [-0.2, 0) is 6.54 Å². The third kappa shape index (κ3) is 3.24. The fourth-order valence-electron chi connectivity index (χ4n) is 2.39. The molecular weight excluding hydrogens is 352 g/mol. The van der Waals surface area contributed by atoms with Gasteiger partial charge in [-0.05, 0) is 24.3 Å². The normalized spacial score (nSPS) is 10.9. The number of pyridine rings is 1. The highest BCUT2D eigenvalue weighted by atomic mass is 35.5. The Hall–Kier alpha value is -2.08. The predicted molar refractivity (Wildman–Crippen MR) is 95.9 cm³/mol. The minimum absolute atomic E-state index is 0.235. The fourth-order valence-corrected chi connectivity index (χ4v) is 2.90. The standard InChI is InChI=1S/C17H14Cl2FN3O/c1-24-17-7-16(12(18)6-13(17)19)23-15-5-10(8-21)22-14-4-9(20)2-3-11(14)15/h2-7H,8,21H2,1H3,(H,22,23). The molecule has 4 nitrogen and oxygen atoms in total. The summed E-state index contributed by atoms with van der Waals surface area (Å²) in [5.74, 6) is 0.133. The van der Waals surface area contributed by atoms with Gasteiger partial charge in [-0.15, -0.1) is 0 Å². The number of nitrogens with zero attached hydrogens (tertiary/aromatic N) is 1.